The number of halogens is 2. The van der Waals surface area contributed by atoms with Crippen LogP contribution in [0, 0.1) is 0 Å². The molecular formula is C5H9F2N. The fourth-order valence-electron chi connectivity index (χ4n) is 0.326. The van der Waals surface area contributed by atoms with Gasteiger partial charge in [-0.25, -0.2) is 0 Å². The number of nitrogens with one attached hydrogen (secondary N) is 1. The first-order valence-electron chi connectivity index (χ1n) is 2.43. The Morgan fingerprint density at radius 1 is 1.62 bits per heavy atom. The summed E-state index contributed by atoms with van der Waals surface area (Å²) in [5, 5.41) is 2.75. The molecular weight excluding hydrogens is 112 g/mol. The van der Waals surface area contributed by atoms with E-state index in [0.29, 0.717) is 13.0 Å². The standard InChI is InChI=1S/C5H9F2N/c1-8-4-2-3-5(6)7/h3,8H,2,4H2,1H3. The molecule has 0 heterocycles. The lowest BCUT2D eigenvalue weighted by molar-refractivity contribution is 0.417. The summed E-state index contributed by atoms with van der Waals surface area (Å²) in [6.45, 7) is 0.608. The Morgan fingerprint density at radius 3 is 2.62 bits per heavy atom. The van der Waals surface area contributed by atoms with Crippen LogP contribution in [0.4, 0.5) is 8.78 Å². The molecule has 0 aliphatic rings. The van der Waals surface area contributed by atoms with Crippen LogP contribution in [0.3, 0.4) is 0 Å². The minimum absolute atomic E-state index is 0.402. The Bertz CT molecular complexity index is 76.5. The SMILES string of the molecule is CNCCC=C(F)F. The van der Waals surface area contributed by atoms with Crippen molar-refractivity contribution < 1.29 is 8.78 Å². The first kappa shape index (κ1) is 7.56. The fourth-order valence-corrected chi connectivity index (χ4v) is 0.326. The summed E-state index contributed by atoms with van der Waals surface area (Å²) in [7, 11) is 1.73. The Morgan fingerprint density at radius 2 is 2.25 bits per heavy atom. The van der Waals surface area contributed by atoms with E-state index in [9.17, 15) is 8.78 Å². The van der Waals surface area contributed by atoms with Crippen molar-refractivity contribution in [3.8, 4) is 0 Å². The third-order valence-corrected chi connectivity index (χ3v) is 0.693. The molecule has 0 spiro atoms. The average molecular weight is 121 g/mol. The molecule has 0 saturated heterocycles. The van der Waals surface area contributed by atoms with Crippen LogP contribution in [0.1, 0.15) is 6.42 Å². The highest BCUT2D eigenvalue weighted by Gasteiger charge is 1.84. The molecule has 0 aromatic heterocycles. The van der Waals surface area contributed by atoms with Gasteiger partial charge in [-0.2, -0.15) is 8.78 Å². The van der Waals surface area contributed by atoms with E-state index in [-0.39, 0.29) is 0 Å². The average Bonchev–Trinajstić information content (AvgIpc) is 1.66. The summed E-state index contributed by atoms with van der Waals surface area (Å²) >= 11 is 0. The van der Waals surface area contributed by atoms with Crippen LogP contribution in [0.5, 0.6) is 0 Å². The Kier molecular flexibility index (Phi) is 4.45. The molecule has 1 nitrogen and oxygen atoms in total. The van der Waals surface area contributed by atoms with Crippen molar-refractivity contribution in [2.75, 3.05) is 13.6 Å². The molecule has 0 amide bonds. The van der Waals surface area contributed by atoms with Gasteiger partial charge in [-0.05, 0) is 26.1 Å². The van der Waals surface area contributed by atoms with Crippen LogP contribution < -0.4 is 5.32 Å². The lowest BCUT2D eigenvalue weighted by Crippen LogP contribution is -2.05. The van der Waals surface area contributed by atoms with Crippen LogP contribution in [0.2, 0.25) is 0 Å². The maximum absolute atomic E-state index is 11.2. The van der Waals surface area contributed by atoms with Gasteiger partial charge in [0, 0.05) is 0 Å². The molecule has 48 valence electrons. The second-order valence-corrected chi connectivity index (χ2v) is 1.39. The first-order chi connectivity index (χ1) is 3.77. The van der Waals surface area contributed by atoms with Gasteiger partial charge in [0.25, 0.3) is 6.08 Å². The van der Waals surface area contributed by atoms with E-state index >= 15 is 0 Å². The second kappa shape index (κ2) is 4.71. The second-order valence-electron chi connectivity index (χ2n) is 1.39. The monoisotopic (exact) mass is 121 g/mol. The van der Waals surface area contributed by atoms with Crippen molar-refractivity contribution in [2.45, 2.75) is 6.42 Å². The van der Waals surface area contributed by atoms with E-state index in [1.807, 2.05) is 0 Å². The zero-order valence-corrected chi connectivity index (χ0v) is 4.75. The molecule has 0 fully saturated rings. The topological polar surface area (TPSA) is 12.0 Å². The van der Waals surface area contributed by atoms with Crippen molar-refractivity contribution in [3.63, 3.8) is 0 Å². The number of hydrogen-bond donors (Lipinski definition) is 1. The third-order valence-electron chi connectivity index (χ3n) is 0.693. The van der Waals surface area contributed by atoms with E-state index in [1.165, 1.54) is 0 Å². The Balaban J connectivity index is 3.03. The summed E-state index contributed by atoms with van der Waals surface area (Å²) in [6.07, 6.45) is -0.296. The summed E-state index contributed by atoms with van der Waals surface area (Å²) < 4.78 is 22.4. The molecule has 0 rings (SSSR count). The highest BCUT2D eigenvalue weighted by atomic mass is 19.3. The van der Waals surface area contributed by atoms with Gasteiger partial charge >= 0.3 is 0 Å². The minimum atomic E-state index is -1.60. The zero-order chi connectivity index (χ0) is 6.41. The molecule has 0 aliphatic heterocycles. The highest BCUT2D eigenvalue weighted by molar-refractivity contribution is 4.80. The first-order valence-corrected chi connectivity index (χ1v) is 2.43. The van der Waals surface area contributed by atoms with E-state index < -0.39 is 6.08 Å². The van der Waals surface area contributed by atoms with Crippen LogP contribution in [0.25, 0.3) is 0 Å². The van der Waals surface area contributed by atoms with Crippen LogP contribution >= 0.6 is 0 Å². The van der Waals surface area contributed by atoms with Crippen molar-refractivity contribution in [1.29, 1.82) is 0 Å². The van der Waals surface area contributed by atoms with Gasteiger partial charge < -0.3 is 5.32 Å². The molecule has 8 heavy (non-hydrogen) atoms. The molecule has 0 aliphatic carbocycles. The van der Waals surface area contributed by atoms with Gasteiger partial charge in [0.1, 0.15) is 0 Å². The summed E-state index contributed by atoms with van der Waals surface area (Å²) in [5.74, 6) is 0. The summed E-state index contributed by atoms with van der Waals surface area (Å²) in [6, 6.07) is 0. The van der Waals surface area contributed by atoms with Crippen molar-refractivity contribution in [3.05, 3.63) is 12.2 Å². The van der Waals surface area contributed by atoms with Crippen molar-refractivity contribution in [1.82, 2.24) is 5.32 Å². The van der Waals surface area contributed by atoms with Crippen LogP contribution in [0.15, 0.2) is 12.2 Å². The maximum atomic E-state index is 11.2. The fraction of sp³-hybridized carbons (Fsp3) is 0.600. The lowest BCUT2D eigenvalue weighted by atomic mass is 10.4. The number of rotatable bonds is 3. The van der Waals surface area contributed by atoms with E-state index in [0.717, 1.165) is 6.08 Å². The Hall–Kier alpha value is -0.440. The van der Waals surface area contributed by atoms with Gasteiger partial charge in [0.2, 0.25) is 0 Å². The molecule has 3 heteroatoms. The maximum Gasteiger partial charge on any atom is 0.266 e. The summed E-state index contributed by atoms with van der Waals surface area (Å²) in [4.78, 5) is 0. The van der Waals surface area contributed by atoms with E-state index in [2.05, 4.69) is 5.32 Å². The normalized spacial score (nSPS) is 8.88. The minimum Gasteiger partial charge on any atom is -0.319 e. The molecule has 0 aromatic carbocycles. The summed E-state index contributed by atoms with van der Waals surface area (Å²) in [5.41, 5.74) is 0. The van der Waals surface area contributed by atoms with Gasteiger partial charge in [-0.1, -0.05) is 0 Å². The van der Waals surface area contributed by atoms with E-state index in [1.54, 1.807) is 7.05 Å². The molecule has 0 unspecified atom stereocenters. The van der Waals surface area contributed by atoms with Gasteiger partial charge in [-0.3, -0.25) is 0 Å². The van der Waals surface area contributed by atoms with Gasteiger partial charge in [-0.15, -0.1) is 0 Å². The predicted molar refractivity (Wildman–Crippen MR) is 28.8 cm³/mol. The molecule has 0 atom stereocenters. The third kappa shape index (κ3) is 5.56. The van der Waals surface area contributed by atoms with E-state index in [4.69, 9.17) is 0 Å². The zero-order valence-electron chi connectivity index (χ0n) is 4.75. The van der Waals surface area contributed by atoms with Crippen molar-refractivity contribution >= 4 is 0 Å². The molecule has 0 aromatic rings. The Labute approximate surface area is 47.4 Å². The van der Waals surface area contributed by atoms with Crippen molar-refractivity contribution in [2.24, 2.45) is 0 Å². The van der Waals surface area contributed by atoms with Crippen LogP contribution in [-0.2, 0) is 0 Å². The quantitative estimate of drug-likeness (QED) is 0.556. The molecule has 0 radical (unpaired) electrons. The highest BCUT2D eigenvalue weighted by Crippen LogP contribution is 1.96. The molecule has 0 saturated carbocycles. The van der Waals surface area contributed by atoms with Gasteiger partial charge in [0.05, 0.1) is 0 Å². The predicted octanol–water partition coefficient (Wildman–Crippen LogP) is 1.38. The lowest BCUT2D eigenvalue weighted by Gasteiger charge is -1.88. The smallest absolute Gasteiger partial charge is 0.266 e. The number of hydrogen-bond acceptors (Lipinski definition) is 1. The largest absolute Gasteiger partial charge is 0.319 e. The van der Waals surface area contributed by atoms with Crippen LogP contribution in [-0.4, -0.2) is 13.6 Å². The van der Waals surface area contributed by atoms with Gasteiger partial charge in [0.15, 0.2) is 0 Å². The molecule has 1 N–H and O–H groups in total. The molecule has 0 bridgehead atoms.